The lowest BCUT2D eigenvalue weighted by atomic mass is 9.97. The summed E-state index contributed by atoms with van der Waals surface area (Å²) in [5, 5.41) is 18.8. The lowest BCUT2D eigenvalue weighted by Gasteiger charge is -2.31. The minimum atomic E-state index is -0.465. The molecule has 160 valence electrons. The predicted molar refractivity (Wildman–Crippen MR) is 112 cm³/mol. The van der Waals surface area contributed by atoms with Crippen LogP contribution in [0, 0.1) is 16.0 Å². The van der Waals surface area contributed by atoms with Crippen LogP contribution in [0.25, 0.3) is 0 Å². The molecule has 30 heavy (non-hydrogen) atoms. The van der Waals surface area contributed by atoms with Crippen molar-refractivity contribution in [1.29, 1.82) is 0 Å². The van der Waals surface area contributed by atoms with E-state index in [0.717, 1.165) is 12.8 Å². The molecule has 3 rings (SSSR count). The lowest BCUT2D eigenvalue weighted by Crippen LogP contribution is -2.46. The minimum absolute atomic E-state index is 0.00136. The number of nitro groups is 1. The second kappa shape index (κ2) is 10.1. The van der Waals surface area contributed by atoms with E-state index in [4.69, 9.17) is 4.74 Å². The Morgan fingerprint density at radius 1 is 1.37 bits per heavy atom. The van der Waals surface area contributed by atoms with Crippen molar-refractivity contribution < 1.29 is 19.2 Å². The maximum Gasteiger partial charge on any atom is 0.273 e. The Balaban J connectivity index is 1.58. The van der Waals surface area contributed by atoms with E-state index in [-0.39, 0.29) is 23.4 Å². The summed E-state index contributed by atoms with van der Waals surface area (Å²) in [5.41, 5.74) is 0.950. The van der Waals surface area contributed by atoms with Crippen molar-refractivity contribution in [2.75, 3.05) is 38.7 Å². The van der Waals surface area contributed by atoms with Gasteiger partial charge in [-0.1, -0.05) is 0 Å². The summed E-state index contributed by atoms with van der Waals surface area (Å²) in [6.07, 6.45) is 1.50. The summed E-state index contributed by atoms with van der Waals surface area (Å²) in [5.74, 6) is -0.517. The summed E-state index contributed by atoms with van der Waals surface area (Å²) < 4.78 is 4.94. The van der Waals surface area contributed by atoms with Crippen LogP contribution in [-0.4, -0.2) is 60.0 Å². The van der Waals surface area contributed by atoms with Gasteiger partial charge in [0, 0.05) is 49.9 Å². The Labute approximate surface area is 177 Å². The number of aromatic nitrogens is 1. The van der Waals surface area contributed by atoms with E-state index in [1.807, 2.05) is 0 Å². The molecule has 1 aliphatic heterocycles. The fraction of sp³-hybridized carbons (Fsp3) is 0.421. The van der Waals surface area contributed by atoms with Crippen LogP contribution in [0.15, 0.2) is 29.6 Å². The number of carbonyl (C=O) groups is 2. The number of nitro benzene ring substituents is 1. The molecule has 11 heteroatoms. The van der Waals surface area contributed by atoms with E-state index >= 15 is 0 Å². The molecule has 10 nitrogen and oxygen atoms in total. The molecule has 1 aliphatic rings. The summed E-state index contributed by atoms with van der Waals surface area (Å²) in [7, 11) is 1.58. The maximum absolute atomic E-state index is 12.8. The number of likely N-dealkylation sites (tertiary alicyclic amines) is 1. The Kier molecular flexibility index (Phi) is 7.31. The number of carbonyl (C=O) groups excluding carboxylic acids is 2. The number of hydrogen-bond donors (Lipinski definition) is 2. The van der Waals surface area contributed by atoms with Gasteiger partial charge in [-0.3, -0.25) is 19.7 Å². The summed E-state index contributed by atoms with van der Waals surface area (Å²) >= 11 is 1.27. The van der Waals surface area contributed by atoms with Gasteiger partial charge >= 0.3 is 0 Å². The van der Waals surface area contributed by atoms with Gasteiger partial charge in [0.15, 0.2) is 5.13 Å². The molecule has 1 atom stereocenters. The van der Waals surface area contributed by atoms with Gasteiger partial charge in [-0.05, 0) is 25.0 Å². The molecule has 1 aromatic carbocycles. The summed E-state index contributed by atoms with van der Waals surface area (Å²) in [4.78, 5) is 41.4. The molecule has 2 heterocycles. The molecule has 0 spiro atoms. The Morgan fingerprint density at radius 2 is 2.13 bits per heavy atom. The number of methoxy groups -OCH3 is 1. The molecule has 0 unspecified atom stereocenters. The van der Waals surface area contributed by atoms with Crippen molar-refractivity contribution in [2.24, 2.45) is 5.92 Å². The first-order chi connectivity index (χ1) is 14.5. The van der Waals surface area contributed by atoms with E-state index in [1.54, 1.807) is 29.5 Å². The largest absolute Gasteiger partial charge is 0.383 e. The van der Waals surface area contributed by atoms with Gasteiger partial charge in [-0.2, -0.15) is 0 Å². The maximum atomic E-state index is 12.8. The van der Waals surface area contributed by atoms with Crippen molar-refractivity contribution in [2.45, 2.75) is 12.8 Å². The number of piperidine rings is 1. The van der Waals surface area contributed by atoms with E-state index in [2.05, 4.69) is 15.6 Å². The molecule has 0 bridgehead atoms. The van der Waals surface area contributed by atoms with Crippen LogP contribution in [0.4, 0.5) is 16.5 Å². The molecule has 0 aliphatic carbocycles. The van der Waals surface area contributed by atoms with Gasteiger partial charge in [-0.25, -0.2) is 4.98 Å². The molecule has 2 amide bonds. The topological polar surface area (TPSA) is 127 Å². The van der Waals surface area contributed by atoms with Gasteiger partial charge in [0.2, 0.25) is 5.91 Å². The first kappa shape index (κ1) is 21.7. The van der Waals surface area contributed by atoms with Crippen LogP contribution < -0.4 is 10.6 Å². The number of ether oxygens (including phenoxy) is 1. The first-order valence-electron chi connectivity index (χ1n) is 9.51. The monoisotopic (exact) mass is 433 g/mol. The fourth-order valence-corrected chi connectivity index (χ4v) is 3.88. The molecule has 2 aromatic rings. The summed E-state index contributed by atoms with van der Waals surface area (Å²) in [6, 6.07) is 5.96. The Morgan fingerprint density at radius 3 is 2.83 bits per heavy atom. The zero-order valence-corrected chi connectivity index (χ0v) is 17.3. The van der Waals surface area contributed by atoms with Crippen LogP contribution in [0.1, 0.15) is 23.3 Å². The highest BCUT2D eigenvalue weighted by atomic mass is 32.1. The number of nitrogens with zero attached hydrogens (tertiary/aromatic N) is 3. The van der Waals surface area contributed by atoms with Crippen molar-refractivity contribution in [3.8, 4) is 0 Å². The minimum Gasteiger partial charge on any atom is -0.383 e. The number of hydrogen-bond acceptors (Lipinski definition) is 8. The number of non-ortho nitro benzene ring substituents is 1. The SMILES string of the molecule is COCCNC(=O)[C@@H]1CCCN(C(=O)c2csc(Nc3ccc([N+](=O)[O-])cc3)n2)C1. The number of benzene rings is 1. The van der Waals surface area contributed by atoms with Crippen LogP contribution in [0.2, 0.25) is 0 Å². The number of anilines is 2. The molecule has 2 N–H and O–H groups in total. The first-order valence-corrected chi connectivity index (χ1v) is 10.4. The van der Waals surface area contributed by atoms with Crippen LogP contribution in [0.5, 0.6) is 0 Å². The van der Waals surface area contributed by atoms with Crippen molar-refractivity contribution in [3.05, 3.63) is 45.5 Å². The third-order valence-corrected chi connectivity index (χ3v) is 5.50. The second-order valence-corrected chi connectivity index (χ2v) is 7.70. The Hall–Kier alpha value is -3.05. The van der Waals surface area contributed by atoms with Gasteiger partial charge < -0.3 is 20.3 Å². The molecule has 0 radical (unpaired) electrons. The average Bonchev–Trinajstić information content (AvgIpc) is 3.22. The van der Waals surface area contributed by atoms with Gasteiger partial charge in [0.25, 0.3) is 11.6 Å². The molecule has 1 fully saturated rings. The van der Waals surface area contributed by atoms with Crippen molar-refractivity contribution in [3.63, 3.8) is 0 Å². The Bertz CT molecular complexity index is 901. The van der Waals surface area contributed by atoms with Gasteiger partial charge in [0.05, 0.1) is 17.4 Å². The van der Waals surface area contributed by atoms with Crippen molar-refractivity contribution in [1.82, 2.24) is 15.2 Å². The molecule has 1 saturated heterocycles. The third kappa shape index (κ3) is 5.51. The lowest BCUT2D eigenvalue weighted by molar-refractivity contribution is -0.384. The smallest absolute Gasteiger partial charge is 0.273 e. The number of nitrogens with one attached hydrogen (secondary N) is 2. The third-order valence-electron chi connectivity index (χ3n) is 4.74. The zero-order chi connectivity index (χ0) is 21.5. The number of thiazole rings is 1. The van der Waals surface area contributed by atoms with Crippen LogP contribution in [-0.2, 0) is 9.53 Å². The highest BCUT2D eigenvalue weighted by Gasteiger charge is 2.29. The zero-order valence-electron chi connectivity index (χ0n) is 16.5. The normalized spacial score (nSPS) is 16.2. The standard InChI is InChI=1S/C19H23N5O5S/c1-29-10-8-20-17(25)13-3-2-9-23(11-13)18(26)16-12-30-19(22-16)21-14-4-6-15(7-5-14)24(27)28/h4-7,12-13H,2-3,8-11H2,1H3,(H,20,25)(H,21,22)/t13-/m1/s1. The molecular formula is C19H23N5O5S. The van der Waals surface area contributed by atoms with E-state index in [1.165, 1.54) is 23.5 Å². The molecule has 0 saturated carbocycles. The van der Waals surface area contributed by atoms with Crippen LogP contribution in [0.3, 0.4) is 0 Å². The molecular weight excluding hydrogens is 410 g/mol. The quantitative estimate of drug-likeness (QED) is 0.372. The van der Waals surface area contributed by atoms with Crippen LogP contribution >= 0.6 is 11.3 Å². The average molecular weight is 433 g/mol. The highest BCUT2D eigenvalue weighted by Crippen LogP contribution is 2.25. The number of amides is 2. The van der Waals surface area contributed by atoms with E-state index in [9.17, 15) is 19.7 Å². The fourth-order valence-electron chi connectivity index (χ4n) is 3.18. The van der Waals surface area contributed by atoms with Gasteiger partial charge in [0.1, 0.15) is 5.69 Å². The summed E-state index contributed by atoms with van der Waals surface area (Å²) in [6.45, 7) is 1.84. The highest BCUT2D eigenvalue weighted by molar-refractivity contribution is 7.14. The predicted octanol–water partition coefficient (Wildman–Crippen LogP) is 2.41. The second-order valence-electron chi connectivity index (χ2n) is 6.84. The van der Waals surface area contributed by atoms with Crippen molar-refractivity contribution >= 4 is 39.7 Å². The van der Waals surface area contributed by atoms with Gasteiger partial charge in [-0.15, -0.1) is 11.3 Å². The molecule has 1 aromatic heterocycles. The van der Waals surface area contributed by atoms with E-state index in [0.29, 0.717) is 42.8 Å². The number of rotatable bonds is 8. The van der Waals surface area contributed by atoms with E-state index < -0.39 is 4.92 Å².